The van der Waals surface area contributed by atoms with Gasteiger partial charge in [0.25, 0.3) is 5.91 Å². The van der Waals surface area contributed by atoms with Crippen molar-refractivity contribution >= 4 is 34.6 Å². The van der Waals surface area contributed by atoms with E-state index in [-0.39, 0.29) is 5.91 Å². The maximum absolute atomic E-state index is 12.9. The first kappa shape index (κ1) is 20.3. The largest absolute Gasteiger partial charge is 0.390 e. The molecule has 2 aromatic carbocycles. The van der Waals surface area contributed by atoms with Gasteiger partial charge in [-0.15, -0.1) is 0 Å². The third kappa shape index (κ3) is 4.67. The molecule has 0 spiro atoms. The Morgan fingerprint density at radius 1 is 1.10 bits per heavy atom. The van der Waals surface area contributed by atoms with Gasteiger partial charge in [0.15, 0.2) is 0 Å². The number of benzene rings is 2. The van der Waals surface area contributed by atoms with Crippen LogP contribution in [0.5, 0.6) is 0 Å². The fourth-order valence-corrected chi connectivity index (χ4v) is 4.98. The minimum Gasteiger partial charge on any atom is -0.390 e. The molecule has 5 rings (SSSR count). The van der Waals surface area contributed by atoms with E-state index < -0.39 is 5.60 Å². The number of aliphatic hydroxyl groups is 1. The summed E-state index contributed by atoms with van der Waals surface area (Å²) in [5.41, 5.74) is 2.75. The van der Waals surface area contributed by atoms with Crippen molar-refractivity contribution in [2.75, 3.05) is 17.8 Å². The normalized spacial score (nSPS) is 18.2. The molecule has 3 aromatic rings. The molecule has 160 valence electrons. The highest BCUT2D eigenvalue weighted by Crippen LogP contribution is 2.40. The maximum atomic E-state index is 12.9. The molecule has 31 heavy (non-hydrogen) atoms. The molecule has 1 aliphatic carbocycles. The van der Waals surface area contributed by atoms with Crippen LogP contribution in [-0.4, -0.2) is 44.6 Å². The summed E-state index contributed by atoms with van der Waals surface area (Å²) in [7, 11) is 0. The molecule has 0 bridgehead atoms. The topological polar surface area (TPSA) is 78.4 Å². The van der Waals surface area contributed by atoms with Crippen molar-refractivity contribution in [1.29, 1.82) is 0 Å². The van der Waals surface area contributed by atoms with Crippen LogP contribution in [0.2, 0.25) is 0 Å². The molecular formula is C24H26N4O2S. The Labute approximate surface area is 186 Å². The average molecular weight is 435 g/mol. The van der Waals surface area contributed by atoms with Gasteiger partial charge in [0.05, 0.1) is 16.0 Å². The molecule has 2 aliphatic rings. The molecule has 0 radical (unpaired) electrons. The van der Waals surface area contributed by atoms with E-state index in [4.69, 9.17) is 0 Å². The van der Waals surface area contributed by atoms with E-state index in [9.17, 15) is 9.90 Å². The molecular weight excluding hydrogens is 408 g/mol. The second kappa shape index (κ2) is 8.48. The molecule has 2 N–H and O–H groups in total. The smallest absolute Gasteiger partial charge is 0.253 e. The summed E-state index contributed by atoms with van der Waals surface area (Å²) in [6.07, 6.45) is 8.14. The molecule has 1 aliphatic heterocycles. The number of amides is 1. The monoisotopic (exact) mass is 434 g/mol. The van der Waals surface area contributed by atoms with Gasteiger partial charge in [0, 0.05) is 36.7 Å². The number of piperidine rings is 1. The Bertz CT molecular complexity index is 1070. The van der Waals surface area contributed by atoms with Gasteiger partial charge >= 0.3 is 0 Å². The molecule has 2 fully saturated rings. The Kier molecular flexibility index (Phi) is 5.54. The van der Waals surface area contributed by atoms with Crippen molar-refractivity contribution in [2.24, 2.45) is 5.92 Å². The van der Waals surface area contributed by atoms with Crippen LogP contribution in [-0.2, 0) is 0 Å². The lowest BCUT2D eigenvalue weighted by molar-refractivity contribution is -0.0267. The van der Waals surface area contributed by atoms with Gasteiger partial charge in [-0.3, -0.25) is 14.8 Å². The second-order valence-corrected chi connectivity index (χ2v) is 9.47. The number of aromatic nitrogens is 2. The highest BCUT2D eigenvalue weighted by molar-refractivity contribution is 8.00. The molecule has 1 saturated carbocycles. The summed E-state index contributed by atoms with van der Waals surface area (Å²) in [6.45, 7) is 1.25. The number of fused-ring (bicyclic) bond motifs is 1. The summed E-state index contributed by atoms with van der Waals surface area (Å²) in [5, 5.41) is 10.8. The molecule has 7 heteroatoms. The van der Waals surface area contributed by atoms with Crippen molar-refractivity contribution in [3.05, 3.63) is 60.4 Å². The quantitative estimate of drug-likeness (QED) is 0.556. The maximum Gasteiger partial charge on any atom is 0.253 e. The van der Waals surface area contributed by atoms with Crippen LogP contribution in [0, 0.1) is 5.92 Å². The fraction of sp³-hybridized carbons (Fsp3) is 0.375. The van der Waals surface area contributed by atoms with Gasteiger partial charge < -0.3 is 14.7 Å². The third-order valence-corrected chi connectivity index (χ3v) is 7.11. The fourth-order valence-electron chi connectivity index (χ4n) is 4.22. The van der Waals surface area contributed by atoms with Crippen molar-refractivity contribution in [2.45, 2.75) is 42.6 Å². The highest BCUT2D eigenvalue weighted by atomic mass is 32.2. The predicted octanol–water partition coefficient (Wildman–Crippen LogP) is 4.52. The predicted molar refractivity (Wildman–Crippen MR) is 123 cm³/mol. The van der Waals surface area contributed by atoms with E-state index in [1.54, 1.807) is 12.4 Å². The third-order valence-electron chi connectivity index (χ3n) is 6.22. The van der Waals surface area contributed by atoms with Crippen LogP contribution < -0.4 is 4.72 Å². The summed E-state index contributed by atoms with van der Waals surface area (Å²) >= 11 is 1.48. The lowest BCUT2D eigenvalue weighted by Gasteiger charge is -2.38. The van der Waals surface area contributed by atoms with Crippen molar-refractivity contribution in [3.8, 4) is 0 Å². The number of carbonyl (C=O) groups is 1. The number of carbonyl (C=O) groups excluding carboxylic acids is 1. The van der Waals surface area contributed by atoms with E-state index in [1.165, 1.54) is 24.8 Å². The van der Waals surface area contributed by atoms with Crippen LogP contribution >= 0.6 is 11.9 Å². The van der Waals surface area contributed by atoms with E-state index in [2.05, 4.69) is 14.7 Å². The van der Waals surface area contributed by atoms with Gasteiger partial charge in [-0.1, -0.05) is 18.9 Å². The van der Waals surface area contributed by atoms with Gasteiger partial charge in [-0.2, -0.15) is 0 Å². The minimum absolute atomic E-state index is 0.0389. The van der Waals surface area contributed by atoms with E-state index in [0.717, 1.165) is 28.0 Å². The Morgan fingerprint density at radius 2 is 1.84 bits per heavy atom. The summed E-state index contributed by atoms with van der Waals surface area (Å²) in [6, 6.07) is 13.5. The van der Waals surface area contributed by atoms with E-state index in [1.807, 2.05) is 47.4 Å². The number of likely N-dealkylation sites (tertiary alicyclic amines) is 1. The molecule has 0 atom stereocenters. The van der Waals surface area contributed by atoms with Crippen molar-refractivity contribution < 1.29 is 9.90 Å². The van der Waals surface area contributed by atoms with Crippen LogP contribution in [0.1, 0.15) is 42.5 Å². The van der Waals surface area contributed by atoms with Crippen LogP contribution in [0.25, 0.3) is 11.0 Å². The number of hydrogen-bond acceptors (Lipinski definition) is 6. The van der Waals surface area contributed by atoms with Crippen molar-refractivity contribution in [3.63, 3.8) is 0 Å². The summed E-state index contributed by atoms with van der Waals surface area (Å²) in [4.78, 5) is 24.5. The summed E-state index contributed by atoms with van der Waals surface area (Å²) < 4.78 is 3.32. The summed E-state index contributed by atoms with van der Waals surface area (Å²) in [5.74, 6) is 0.739. The number of nitrogens with zero attached hydrogens (tertiary/aromatic N) is 3. The number of anilines is 1. The number of rotatable bonds is 6. The second-order valence-electron chi connectivity index (χ2n) is 8.63. The Balaban J connectivity index is 1.18. The Morgan fingerprint density at radius 3 is 2.58 bits per heavy atom. The zero-order valence-corrected chi connectivity index (χ0v) is 18.1. The lowest BCUT2D eigenvalue weighted by atomic mass is 9.86. The average Bonchev–Trinajstić information content (AvgIpc) is 3.61. The van der Waals surface area contributed by atoms with Crippen LogP contribution in [0.15, 0.2) is 59.8 Å². The number of nitrogens with one attached hydrogen (secondary N) is 1. The molecule has 1 aromatic heterocycles. The van der Waals surface area contributed by atoms with Crippen molar-refractivity contribution in [1.82, 2.24) is 14.9 Å². The zero-order valence-electron chi connectivity index (χ0n) is 17.3. The number of para-hydroxylation sites is 1. The molecule has 0 unspecified atom stereocenters. The minimum atomic E-state index is -0.574. The van der Waals surface area contributed by atoms with E-state index >= 15 is 0 Å². The van der Waals surface area contributed by atoms with Gasteiger partial charge in [-0.05, 0) is 73.5 Å². The standard InChI is InChI=1S/C24H26N4O2S/c29-23(28-14-10-24(30,11-15-28)16-17-4-5-17)18-6-8-19(9-7-18)27-31-21-3-1-2-20-22(21)26-13-12-25-20/h1-3,6-9,12-13,17,27,30H,4-5,10-11,14-16H2. The Hall–Kier alpha value is -2.64. The zero-order chi connectivity index (χ0) is 21.3. The van der Waals surface area contributed by atoms with Gasteiger partial charge in [0.1, 0.15) is 5.52 Å². The first-order chi connectivity index (χ1) is 15.1. The van der Waals surface area contributed by atoms with E-state index in [0.29, 0.717) is 37.4 Å². The van der Waals surface area contributed by atoms with Gasteiger partial charge in [-0.25, -0.2) is 0 Å². The van der Waals surface area contributed by atoms with Crippen LogP contribution in [0.3, 0.4) is 0 Å². The highest BCUT2D eigenvalue weighted by Gasteiger charge is 2.38. The molecule has 1 amide bonds. The first-order valence-corrected chi connectivity index (χ1v) is 11.7. The lowest BCUT2D eigenvalue weighted by Crippen LogP contribution is -2.46. The molecule has 6 nitrogen and oxygen atoms in total. The molecule has 1 saturated heterocycles. The molecule has 2 heterocycles. The number of hydrogen-bond donors (Lipinski definition) is 2. The SMILES string of the molecule is O=C(c1ccc(NSc2cccc3nccnc23)cc1)N1CCC(O)(CC2CC2)CC1. The van der Waals surface area contributed by atoms with Crippen LogP contribution in [0.4, 0.5) is 5.69 Å². The first-order valence-electron chi connectivity index (χ1n) is 10.8. The van der Waals surface area contributed by atoms with Gasteiger partial charge in [0.2, 0.25) is 0 Å².